The van der Waals surface area contributed by atoms with E-state index in [4.69, 9.17) is 4.42 Å². The minimum atomic E-state index is 0.905. The first-order valence-electron chi connectivity index (χ1n) is 23.3. The molecule has 0 saturated heterocycles. The van der Waals surface area contributed by atoms with Gasteiger partial charge in [0.15, 0.2) is 0 Å². The lowest BCUT2D eigenvalue weighted by Crippen LogP contribution is -2.06. The summed E-state index contributed by atoms with van der Waals surface area (Å²) >= 11 is 3.80. The lowest BCUT2D eigenvalue weighted by atomic mass is 9.76. The number of thiophene rings is 2. The molecular weight excluding hydrogens is 849 g/mol. The summed E-state index contributed by atoms with van der Waals surface area (Å²) in [5.74, 6) is 0. The summed E-state index contributed by atoms with van der Waals surface area (Å²) in [5.41, 5.74) is 17.7. The molecule has 14 aromatic rings. The van der Waals surface area contributed by atoms with Crippen molar-refractivity contribution < 1.29 is 4.42 Å². The van der Waals surface area contributed by atoms with Crippen molar-refractivity contribution in [2.45, 2.75) is 12.8 Å². The molecule has 3 heteroatoms. The fraction of sp³-hybridized carbons (Fsp3) is 0.0312. The van der Waals surface area contributed by atoms with Crippen molar-refractivity contribution in [1.82, 2.24) is 0 Å². The Balaban J connectivity index is 0.903. The third-order valence-electron chi connectivity index (χ3n) is 15.1. The summed E-state index contributed by atoms with van der Waals surface area (Å²) in [5, 5.41) is 15.4. The van der Waals surface area contributed by atoms with E-state index in [2.05, 4.69) is 194 Å². The summed E-state index contributed by atoms with van der Waals surface area (Å²) in [6, 6.07) is 70.5. The van der Waals surface area contributed by atoms with E-state index in [0.717, 1.165) is 34.8 Å². The van der Waals surface area contributed by atoms with Gasteiger partial charge in [-0.15, -0.1) is 22.7 Å². The highest BCUT2D eigenvalue weighted by Gasteiger charge is 2.31. The molecule has 0 spiro atoms. The third kappa shape index (κ3) is 4.87. The van der Waals surface area contributed by atoms with Crippen LogP contribution in [0, 0.1) is 0 Å². The first-order chi connectivity index (χ1) is 33.2. The van der Waals surface area contributed by atoms with Crippen LogP contribution in [0.2, 0.25) is 0 Å². The van der Waals surface area contributed by atoms with Crippen LogP contribution in [0.1, 0.15) is 23.1 Å². The highest BCUT2D eigenvalue weighted by atomic mass is 32.1. The summed E-state index contributed by atoms with van der Waals surface area (Å²) < 4.78 is 12.2. The Morgan fingerprint density at radius 3 is 1.57 bits per heavy atom. The highest BCUT2D eigenvalue weighted by Crippen LogP contribution is 2.56. The molecule has 67 heavy (non-hydrogen) atoms. The zero-order valence-electron chi connectivity index (χ0n) is 36.1. The zero-order valence-corrected chi connectivity index (χ0v) is 37.7. The van der Waals surface area contributed by atoms with Crippen molar-refractivity contribution >= 4 is 123 Å². The molecule has 2 aliphatic rings. The minimum absolute atomic E-state index is 0.905. The van der Waals surface area contributed by atoms with Crippen molar-refractivity contribution in [2.24, 2.45) is 0 Å². The van der Waals surface area contributed by atoms with Crippen LogP contribution in [-0.4, -0.2) is 0 Å². The predicted octanol–water partition coefficient (Wildman–Crippen LogP) is 19.1. The number of furan rings is 1. The quantitative estimate of drug-likeness (QED) is 0.161. The van der Waals surface area contributed by atoms with E-state index in [1.807, 2.05) is 22.7 Å². The average Bonchev–Trinajstić information content (AvgIpc) is 4.05. The van der Waals surface area contributed by atoms with Crippen LogP contribution >= 0.6 is 22.7 Å². The molecular formula is C64H36OS2. The van der Waals surface area contributed by atoms with Gasteiger partial charge >= 0.3 is 0 Å². The van der Waals surface area contributed by atoms with Crippen LogP contribution < -0.4 is 0 Å². The summed E-state index contributed by atoms with van der Waals surface area (Å²) in [4.78, 5) is 0. The summed E-state index contributed by atoms with van der Waals surface area (Å²) in [6.07, 6.45) is 4.51. The normalized spacial score (nSPS) is 13.3. The number of rotatable bonds is 3. The SMILES string of the molecule is C1=C2c3c(c(-c4ccc5c(c4)oc4ccc(-c6c7ccccc7c(-c7cccc8sc9ccccc9c78)c7ccccc67)cc45)c4ccccc4c3-c3cccc4sc5cccc2c5c34)CC1. The Bertz CT molecular complexity index is 4510. The Kier molecular flexibility index (Phi) is 7.28. The summed E-state index contributed by atoms with van der Waals surface area (Å²) in [6.45, 7) is 0. The van der Waals surface area contributed by atoms with E-state index < -0.39 is 0 Å². The largest absolute Gasteiger partial charge is 0.456 e. The van der Waals surface area contributed by atoms with Gasteiger partial charge in [-0.25, -0.2) is 0 Å². The fourth-order valence-electron chi connectivity index (χ4n) is 12.5. The van der Waals surface area contributed by atoms with Crippen LogP contribution in [0.4, 0.5) is 0 Å². The van der Waals surface area contributed by atoms with E-state index in [1.54, 1.807) is 0 Å². The molecule has 2 aliphatic carbocycles. The van der Waals surface area contributed by atoms with Gasteiger partial charge in [0.2, 0.25) is 0 Å². The van der Waals surface area contributed by atoms with Gasteiger partial charge in [-0.05, 0) is 160 Å². The Labute approximate surface area is 393 Å². The Morgan fingerprint density at radius 2 is 0.851 bits per heavy atom. The molecule has 3 aromatic heterocycles. The maximum Gasteiger partial charge on any atom is 0.136 e. The number of benzene rings is 11. The lowest BCUT2D eigenvalue weighted by molar-refractivity contribution is 0.669. The summed E-state index contributed by atoms with van der Waals surface area (Å²) in [7, 11) is 0. The second kappa shape index (κ2) is 13.4. The Morgan fingerprint density at radius 1 is 0.328 bits per heavy atom. The molecule has 0 N–H and O–H groups in total. The van der Waals surface area contributed by atoms with Gasteiger partial charge in [-0.2, -0.15) is 0 Å². The molecule has 0 amide bonds. The predicted molar refractivity (Wildman–Crippen MR) is 289 cm³/mol. The topological polar surface area (TPSA) is 13.1 Å². The van der Waals surface area contributed by atoms with Crippen LogP contribution in [0.3, 0.4) is 0 Å². The first-order valence-corrected chi connectivity index (χ1v) is 24.9. The van der Waals surface area contributed by atoms with E-state index in [-0.39, 0.29) is 0 Å². The molecule has 1 nitrogen and oxygen atoms in total. The standard InChI is InChI=1S/C64H36OS2/c1-4-16-41-38(13-1)57(39-14-2-5-17-42(39)59(41)48-23-11-26-54-60(48)46-19-7-8-25-53(46)66-54)35-30-32-51-50(33-35)37-31-29-36(34-52(37)65-51)58-40-15-3-6-18-43(40)62-49-24-12-28-56-64(49)63-45(21-10-27-55(63)67-56)44-20-9-22-47(58)61(44)62/h1-8,10-21,23-34H,9,22H2. The smallest absolute Gasteiger partial charge is 0.136 e. The molecule has 0 radical (unpaired) electrons. The van der Waals surface area contributed by atoms with E-state index >= 15 is 0 Å². The zero-order chi connectivity index (χ0) is 43.5. The van der Waals surface area contributed by atoms with Gasteiger partial charge < -0.3 is 4.42 Å². The second-order valence-electron chi connectivity index (χ2n) is 18.4. The molecule has 11 aromatic carbocycles. The van der Waals surface area contributed by atoms with Crippen LogP contribution in [0.5, 0.6) is 0 Å². The maximum absolute atomic E-state index is 6.88. The van der Waals surface area contributed by atoms with Crippen molar-refractivity contribution in [3.05, 3.63) is 211 Å². The van der Waals surface area contributed by atoms with Crippen molar-refractivity contribution in [3.8, 4) is 44.5 Å². The van der Waals surface area contributed by atoms with Crippen molar-refractivity contribution in [2.75, 3.05) is 0 Å². The molecule has 0 fully saturated rings. The third-order valence-corrected chi connectivity index (χ3v) is 17.3. The average molecular weight is 885 g/mol. The monoisotopic (exact) mass is 884 g/mol. The molecule has 0 saturated carbocycles. The second-order valence-corrected chi connectivity index (χ2v) is 20.6. The number of hydrogen-bond acceptors (Lipinski definition) is 3. The van der Waals surface area contributed by atoms with Gasteiger partial charge in [0.05, 0.1) is 0 Å². The molecule has 0 bridgehead atoms. The van der Waals surface area contributed by atoms with Crippen LogP contribution in [0.15, 0.2) is 199 Å². The number of hydrogen-bond donors (Lipinski definition) is 0. The maximum atomic E-state index is 6.88. The van der Waals surface area contributed by atoms with Gasteiger partial charge in [0, 0.05) is 51.1 Å². The number of fused-ring (bicyclic) bond motifs is 12. The fourth-order valence-corrected chi connectivity index (χ4v) is 14.7. The van der Waals surface area contributed by atoms with Crippen molar-refractivity contribution in [3.63, 3.8) is 0 Å². The first kappa shape index (κ1) is 36.4. The Hall–Kier alpha value is -7.82. The van der Waals surface area contributed by atoms with E-state index in [9.17, 15) is 0 Å². The lowest BCUT2D eigenvalue weighted by Gasteiger charge is -2.27. The molecule has 3 heterocycles. The molecule has 16 rings (SSSR count). The van der Waals surface area contributed by atoms with Crippen LogP contribution in [0.25, 0.3) is 145 Å². The van der Waals surface area contributed by atoms with Crippen LogP contribution in [-0.2, 0) is 6.42 Å². The van der Waals surface area contributed by atoms with E-state index in [0.29, 0.717) is 0 Å². The number of allylic oxidation sites excluding steroid dienone is 1. The van der Waals surface area contributed by atoms with Gasteiger partial charge in [0.25, 0.3) is 0 Å². The van der Waals surface area contributed by atoms with Gasteiger partial charge in [-0.3, -0.25) is 0 Å². The van der Waals surface area contributed by atoms with Crippen molar-refractivity contribution in [1.29, 1.82) is 0 Å². The van der Waals surface area contributed by atoms with Gasteiger partial charge in [-0.1, -0.05) is 146 Å². The highest BCUT2D eigenvalue weighted by molar-refractivity contribution is 7.26. The molecule has 0 unspecified atom stereocenters. The minimum Gasteiger partial charge on any atom is -0.456 e. The van der Waals surface area contributed by atoms with E-state index in [1.165, 1.54) is 139 Å². The molecule has 0 aliphatic heterocycles. The van der Waals surface area contributed by atoms with Gasteiger partial charge in [0.1, 0.15) is 11.2 Å². The molecule has 0 atom stereocenters. The molecule has 310 valence electrons.